The Kier molecular flexibility index (Phi) is 20.0. The summed E-state index contributed by atoms with van der Waals surface area (Å²) in [5, 5.41) is 26.0. The number of ether oxygens (including phenoxy) is 6. The lowest BCUT2D eigenvalue weighted by Crippen LogP contribution is -2.30. The molecule has 10 aromatic carbocycles. The molecule has 1 saturated heterocycles. The monoisotopic (exact) mass is 1320 g/mol. The standard InChI is InChI=1S/C68H56O20S4/c1-43-13-14-46(41-63(43)91(73,74)75)65(69)44-15-34-58(61(39-44)89-87-85-71)82-55-28-18-50(19-29-55)67(48-9-5-3-6-10-48,49-11-7-4-8-12-49)51-20-30-57(31-21-51)84-60-36-17-47(42-64(60)92(76,77)78)66(70)45-16-35-59(62(40-45)90-88-86-72)83-56-32-24-53(25-33-56)68(80-37-38-81-68)52-22-26-54(79-2)27-23-52/h3-36,39-42,71-78H,37-38H2,1-2H3. The predicted molar refractivity (Wildman–Crippen MR) is 343 cm³/mol. The maximum absolute atomic E-state index is 14.2. The highest BCUT2D eigenvalue weighted by molar-refractivity contribution is 8.19. The SMILES string of the molecule is COc1ccc(C2(c3ccc(Oc4ccc(C(=O)c5ccc(Oc6ccc(C(c7ccccc7)(c7ccccc7)c7ccc(Oc8ccc(C(=O)c9ccc(C)c(S(O)(O)O)c9)cc8SOOO)cc7)cc6)c(S(O)(O)O)c5)cc4SOOO)cc3)OCCO2)cc1. The molecule has 0 aliphatic carbocycles. The van der Waals surface area contributed by atoms with E-state index in [9.17, 15) is 36.9 Å². The zero-order valence-electron chi connectivity index (χ0n) is 48.5. The van der Waals surface area contributed by atoms with Crippen LogP contribution >= 0.6 is 45.8 Å². The Bertz CT molecular complexity index is 4180. The largest absolute Gasteiger partial charge is 0.497 e. The minimum Gasteiger partial charge on any atom is -0.497 e. The van der Waals surface area contributed by atoms with Gasteiger partial charge in [-0.05, 0) is 168 Å². The van der Waals surface area contributed by atoms with Gasteiger partial charge in [-0.2, -0.15) is 0 Å². The van der Waals surface area contributed by atoms with Crippen LogP contribution in [0.15, 0.2) is 250 Å². The molecule has 92 heavy (non-hydrogen) atoms. The average molecular weight is 1320 g/mol. The Morgan fingerprint density at radius 1 is 0.435 bits per heavy atom. The molecule has 1 heterocycles. The van der Waals surface area contributed by atoms with Gasteiger partial charge in [0.25, 0.3) is 0 Å². The highest BCUT2D eigenvalue weighted by atomic mass is 32.3. The van der Waals surface area contributed by atoms with E-state index in [1.807, 2.05) is 109 Å². The molecule has 10 aromatic rings. The maximum Gasteiger partial charge on any atom is 0.222 e. The fourth-order valence-electron chi connectivity index (χ4n) is 10.8. The number of benzene rings is 10. The van der Waals surface area contributed by atoms with Crippen LogP contribution in [0.2, 0.25) is 0 Å². The van der Waals surface area contributed by atoms with Crippen molar-refractivity contribution >= 4 is 57.4 Å². The summed E-state index contributed by atoms with van der Waals surface area (Å²) in [6.07, 6.45) is 0. The summed E-state index contributed by atoms with van der Waals surface area (Å²) < 4.78 is 109. The number of methoxy groups -OCH3 is 1. The van der Waals surface area contributed by atoms with Crippen molar-refractivity contribution in [3.8, 4) is 40.2 Å². The summed E-state index contributed by atoms with van der Waals surface area (Å²) in [5.74, 6) is -0.363. The normalized spacial score (nSPS) is 13.5. The second-order valence-electron chi connectivity index (χ2n) is 20.5. The minimum atomic E-state index is -4.53. The molecule has 0 amide bonds. The highest BCUT2D eigenvalue weighted by Gasteiger charge is 2.41. The van der Waals surface area contributed by atoms with Gasteiger partial charge in [-0.25, -0.2) is 10.5 Å². The lowest BCUT2D eigenvalue weighted by atomic mass is 9.65. The molecule has 0 saturated carbocycles. The summed E-state index contributed by atoms with van der Waals surface area (Å²) in [7, 11) is -7.07. The van der Waals surface area contributed by atoms with E-state index in [-0.39, 0.29) is 59.9 Å². The molecule has 24 heteroatoms. The minimum absolute atomic E-state index is 0.0529. The number of ketones is 2. The molecule has 11 rings (SSSR count). The molecule has 0 aromatic heterocycles. The Morgan fingerprint density at radius 2 is 0.793 bits per heavy atom. The van der Waals surface area contributed by atoms with Crippen LogP contribution in [0.25, 0.3) is 0 Å². The first-order valence-corrected chi connectivity index (χ1v) is 32.2. The van der Waals surface area contributed by atoms with Gasteiger partial charge in [0.1, 0.15) is 66.9 Å². The van der Waals surface area contributed by atoms with E-state index in [0.717, 1.165) is 33.9 Å². The van der Waals surface area contributed by atoms with Crippen molar-refractivity contribution in [2.24, 2.45) is 0 Å². The van der Waals surface area contributed by atoms with Crippen LogP contribution in [0.5, 0.6) is 40.2 Å². The van der Waals surface area contributed by atoms with E-state index >= 15 is 0 Å². The van der Waals surface area contributed by atoms with Crippen molar-refractivity contribution in [2.45, 2.75) is 37.7 Å². The summed E-state index contributed by atoms with van der Waals surface area (Å²) in [6, 6.07) is 65.3. The van der Waals surface area contributed by atoms with Crippen molar-refractivity contribution < 1.29 is 94.6 Å². The van der Waals surface area contributed by atoms with Gasteiger partial charge in [-0.1, -0.05) is 107 Å². The zero-order valence-corrected chi connectivity index (χ0v) is 51.7. The van der Waals surface area contributed by atoms with Gasteiger partial charge < -0.3 is 55.7 Å². The zero-order chi connectivity index (χ0) is 64.6. The van der Waals surface area contributed by atoms with Crippen LogP contribution in [-0.2, 0) is 39.4 Å². The number of rotatable bonds is 25. The molecule has 472 valence electrons. The highest BCUT2D eigenvalue weighted by Crippen LogP contribution is 2.52. The van der Waals surface area contributed by atoms with Crippen molar-refractivity contribution in [2.75, 3.05) is 20.3 Å². The van der Waals surface area contributed by atoms with Crippen LogP contribution in [0.1, 0.15) is 70.8 Å². The fourth-order valence-corrected chi connectivity index (χ4v) is 13.2. The molecule has 0 atom stereocenters. The molecule has 1 aliphatic heterocycles. The van der Waals surface area contributed by atoms with Gasteiger partial charge in [-0.3, -0.25) is 9.59 Å². The van der Waals surface area contributed by atoms with Crippen LogP contribution in [0.4, 0.5) is 0 Å². The second-order valence-corrected chi connectivity index (χ2v) is 25.0. The van der Waals surface area contributed by atoms with Gasteiger partial charge in [0.15, 0.2) is 11.6 Å². The van der Waals surface area contributed by atoms with Crippen molar-refractivity contribution in [1.82, 2.24) is 0 Å². The van der Waals surface area contributed by atoms with Crippen molar-refractivity contribution in [1.29, 1.82) is 0 Å². The van der Waals surface area contributed by atoms with Gasteiger partial charge >= 0.3 is 0 Å². The lowest BCUT2D eigenvalue weighted by molar-refractivity contribution is -0.432. The Balaban J connectivity index is 0.850. The van der Waals surface area contributed by atoms with Gasteiger partial charge in [0.05, 0.1) is 64.5 Å². The number of hydrogen-bond acceptors (Lipinski definition) is 22. The molecule has 0 unspecified atom stereocenters. The predicted octanol–water partition coefficient (Wildman–Crippen LogP) is 17.5. The van der Waals surface area contributed by atoms with E-state index in [0.29, 0.717) is 65.7 Å². The molecule has 20 nitrogen and oxygen atoms in total. The van der Waals surface area contributed by atoms with E-state index < -0.39 is 49.4 Å². The summed E-state index contributed by atoms with van der Waals surface area (Å²) in [6.45, 7) is 2.31. The Labute approximate surface area is 538 Å². The number of carbonyl (C=O) groups excluding carboxylic acids is 2. The van der Waals surface area contributed by atoms with Gasteiger partial charge in [0.2, 0.25) is 5.79 Å². The maximum atomic E-state index is 14.2. The van der Waals surface area contributed by atoms with Crippen LogP contribution < -0.4 is 18.9 Å². The smallest absolute Gasteiger partial charge is 0.222 e. The Hall–Kier alpha value is -8.42. The third-order valence-corrected chi connectivity index (χ3v) is 18.2. The number of hydrogen-bond donors (Lipinski definition) is 8. The number of carbonyl (C=O) groups is 2. The van der Waals surface area contributed by atoms with Gasteiger partial charge in [0, 0.05) is 33.4 Å². The summed E-state index contributed by atoms with van der Waals surface area (Å²) >= 11 is 1.12. The molecule has 0 radical (unpaired) electrons. The first-order valence-electron chi connectivity index (χ1n) is 27.7. The summed E-state index contributed by atoms with van der Waals surface area (Å²) in [5.41, 5.74) is 4.42. The Morgan fingerprint density at radius 3 is 1.21 bits per heavy atom. The molecule has 1 aliphatic rings. The van der Waals surface area contributed by atoms with E-state index in [2.05, 4.69) is 10.1 Å². The number of aryl methyl sites for hydroxylation is 1. The van der Waals surface area contributed by atoms with Crippen molar-refractivity contribution in [3.05, 3.63) is 292 Å². The van der Waals surface area contributed by atoms with E-state index in [4.69, 9.17) is 47.6 Å². The molecular weight excluding hydrogens is 1260 g/mol. The van der Waals surface area contributed by atoms with Crippen LogP contribution in [0.3, 0.4) is 0 Å². The van der Waals surface area contributed by atoms with Gasteiger partial charge in [-0.15, -0.1) is 8.67 Å². The third kappa shape index (κ3) is 14.0. The molecular formula is C68H56O20S4. The molecule has 0 spiro atoms. The molecule has 0 bridgehead atoms. The lowest BCUT2D eigenvalue weighted by Gasteiger charge is -2.37. The van der Waals surface area contributed by atoms with Crippen molar-refractivity contribution in [3.63, 3.8) is 0 Å². The second kappa shape index (κ2) is 28.2. The molecule has 8 N–H and O–H groups in total. The first kappa shape index (κ1) is 65.1. The summed E-state index contributed by atoms with van der Waals surface area (Å²) in [4.78, 5) is 27.7. The van der Waals surface area contributed by atoms with Crippen LogP contribution in [-0.4, -0.2) is 69.7 Å². The quantitative estimate of drug-likeness (QED) is 0.00867. The third-order valence-electron chi connectivity index (χ3n) is 15.0. The van der Waals surface area contributed by atoms with E-state index in [1.54, 1.807) is 62.6 Å². The average Bonchev–Trinajstić information content (AvgIpc) is 0.773. The van der Waals surface area contributed by atoms with E-state index in [1.165, 1.54) is 66.7 Å². The fraction of sp³-hybridized carbons (Fsp3) is 0.0882. The topological polar surface area (TPSA) is 288 Å². The first-order chi connectivity index (χ1) is 44.4. The molecule has 1 fully saturated rings. The van der Waals surface area contributed by atoms with Crippen LogP contribution in [0, 0.1) is 6.92 Å².